The van der Waals surface area contributed by atoms with Gasteiger partial charge in [-0.2, -0.15) is 5.26 Å². The molecule has 1 amide bonds. The summed E-state index contributed by atoms with van der Waals surface area (Å²) in [6, 6.07) is 9.28. The first kappa shape index (κ1) is 18.0. The lowest BCUT2D eigenvalue weighted by atomic mass is 9.60. The lowest BCUT2D eigenvalue weighted by Gasteiger charge is -2.60. The number of likely N-dealkylation sites (tertiary alicyclic amines) is 1. The summed E-state index contributed by atoms with van der Waals surface area (Å²) in [7, 11) is 2.08. The van der Waals surface area contributed by atoms with E-state index >= 15 is 0 Å². The number of hydrogen-bond donors (Lipinski definition) is 1. The van der Waals surface area contributed by atoms with Gasteiger partial charge in [-0.25, -0.2) is 9.97 Å². The Bertz CT molecular complexity index is 1150. The highest BCUT2D eigenvalue weighted by Crippen LogP contribution is 2.51. The Labute approximate surface area is 172 Å². The minimum Gasteiger partial charge on any atom is -0.356 e. The van der Waals surface area contributed by atoms with Gasteiger partial charge in [-0.3, -0.25) is 4.79 Å². The topological polar surface area (TPSA) is 88.9 Å². The second-order valence-electron chi connectivity index (χ2n) is 8.08. The summed E-state index contributed by atoms with van der Waals surface area (Å²) in [6.07, 6.45) is 5.55. The molecule has 1 saturated heterocycles. The number of rotatable bonds is 3. The predicted octanol–water partition coefficient (Wildman–Crippen LogP) is 3.22. The van der Waals surface area contributed by atoms with E-state index in [-0.39, 0.29) is 11.3 Å². The Morgan fingerprint density at radius 1 is 1.34 bits per heavy atom. The van der Waals surface area contributed by atoms with Crippen molar-refractivity contribution in [2.45, 2.75) is 18.9 Å². The Morgan fingerprint density at radius 3 is 2.86 bits per heavy atom. The summed E-state index contributed by atoms with van der Waals surface area (Å²) in [5.41, 5.74) is 1.97. The van der Waals surface area contributed by atoms with Crippen LogP contribution in [0.2, 0.25) is 5.02 Å². The van der Waals surface area contributed by atoms with E-state index in [9.17, 15) is 4.79 Å². The van der Waals surface area contributed by atoms with Crippen molar-refractivity contribution in [2.24, 2.45) is 5.41 Å². The number of nitriles is 1. The molecule has 3 aromatic rings. The van der Waals surface area contributed by atoms with Gasteiger partial charge in [0, 0.05) is 43.4 Å². The van der Waals surface area contributed by atoms with Gasteiger partial charge < -0.3 is 14.8 Å². The number of halogens is 1. The number of aromatic nitrogens is 3. The summed E-state index contributed by atoms with van der Waals surface area (Å²) < 4.78 is 0. The minimum atomic E-state index is -0.0244. The first-order valence-electron chi connectivity index (χ1n) is 9.49. The fraction of sp³-hybridized carbons (Fsp3) is 0.333. The third kappa shape index (κ3) is 2.83. The maximum Gasteiger partial charge on any atom is 0.253 e. The van der Waals surface area contributed by atoms with E-state index in [2.05, 4.69) is 26.9 Å². The molecule has 2 aliphatic rings. The zero-order valence-corrected chi connectivity index (χ0v) is 16.6. The van der Waals surface area contributed by atoms with Gasteiger partial charge in [-0.05, 0) is 37.1 Å². The van der Waals surface area contributed by atoms with Crippen LogP contribution in [-0.2, 0) is 0 Å². The van der Waals surface area contributed by atoms with Crippen molar-refractivity contribution in [1.29, 1.82) is 5.26 Å². The molecule has 0 unspecified atom stereocenters. The van der Waals surface area contributed by atoms with E-state index in [0.717, 1.165) is 42.8 Å². The van der Waals surface area contributed by atoms with Crippen LogP contribution >= 0.6 is 11.6 Å². The lowest BCUT2D eigenvalue weighted by Crippen LogP contribution is -2.67. The molecule has 3 heterocycles. The molecule has 2 aromatic heterocycles. The molecule has 5 rings (SSSR count). The molecular formula is C21H19ClN6O. The second-order valence-corrected chi connectivity index (χ2v) is 8.49. The Morgan fingerprint density at radius 2 is 2.14 bits per heavy atom. The summed E-state index contributed by atoms with van der Waals surface area (Å²) in [4.78, 5) is 28.7. The van der Waals surface area contributed by atoms with Gasteiger partial charge in [0.15, 0.2) is 0 Å². The molecule has 2 fully saturated rings. The normalized spacial score (nSPS) is 17.6. The predicted molar refractivity (Wildman–Crippen MR) is 110 cm³/mol. The molecule has 1 spiro atoms. The molecule has 7 nitrogen and oxygen atoms in total. The van der Waals surface area contributed by atoms with Crippen molar-refractivity contribution in [3.05, 3.63) is 52.9 Å². The van der Waals surface area contributed by atoms with Crippen LogP contribution in [0.1, 0.15) is 28.8 Å². The average Bonchev–Trinajstić information content (AvgIpc) is 3.14. The number of aromatic amines is 1. The largest absolute Gasteiger partial charge is 0.356 e. The highest BCUT2D eigenvalue weighted by molar-refractivity contribution is 6.32. The van der Waals surface area contributed by atoms with Crippen molar-refractivity contribution in [2.75, 3.05) is 25.0 Å². The molecule has 0 atom stereocenters. The van der Waals surface area contributed by atoms with Crippen LogP contribution in [-0.4, -0.2) is 51.9 Å². The van der Waals surface area contributed by atoms with Crippen LogP contribution in [0.4, 0.5) is 5.82 Å². The molecule has 1 aliphatic heterocycles. The fourth-order valence-electron chi connectivity index (χ4n) is 4.61. The van der Waals surface area contributed by atoms with Crippen LogP contribution in [0.3, 0.4) is 0 Å². The monoisotopic (exact) mass is 406 g/mol. The number of amides is 1. The first-order valence-corrected chi connectivity index (χ1v) is 9.87. The molecule has 146 valence electrons. The zero-order chi connectivity index (χ0) is 20.2. The molecule has 1 N–H and O–H groups in total. The van der Waals surface area contributed by atoms with Crippen LogP contribution in [0, 0.1) is 16.7 Å². The number of nitrogens with one attached hydrogen (secondary N) is 1. The first-order chi connectivity index (χ1) is 14.0. The van der Waals surface area contributed by atoms with E-state index in [1.807, 2.05) is 23.2 Å². The van der Waals surface area contributed by atoms with Crippen LogP contribution in [0.15, 0.2) is 36.8 Å². The maximum atomic E-state index is 12.7. The molecule has 8 heteroatoms. The number of H-pyrrole nitrogens is 1. The molecule has 29 heavy (non-hydrogen) atoms. The number of carbonyl (C=O) groups excluding carboxylic acids is 1. The molecule has 1 aromatic carbocycles. The summed E-state index contributed by atoms with van der Waals surface area (Å²) in [5.74, 6) is 0.916. The van der Waals surface area contributed by atoms with Gasteiger partial charge >= 0.3 is 0 Å². The average molecular weight is 407 g/mol. The van der Waals surface area contributed by atoms with Gasteiger partial charge in [0.1, 0.15) is 23.9 Å². The van der Waals surface area contributed by atoms with E-state index in [1.165, 1.54) is 0 Å². The van der Waals surface area contributed by atoms with Gasteiger partial charge in [-0.15, -0.1) is 0 Å². The third-order valence-electron chi connectivity index (χ3n) is 6.23. The van der Waals surface area contributed by atoms with Gasteiger partial charge in [0.05, 0.1) is 16.0 Å². The number of anilines is 1. The van der Waals surface area contributed by atoms with Crippen molar-refractivity contribution in [3.63, 3.8) is 0 Å². The number of nitrogens with zero attached hydrogens (tertiary/aromatic N) is 5. The van der Waals surface area contributed by atoms with Crippen molar-refractivity contribution in [1.82, 2.24) is 19.9 Å². The Balaban J connectivity index is 1.22. The van der Waals surface area contributed by atoms with E-state index < -0.39 is 0 Å². The smallest absolute Gasteiger partial charge is 0.253 e. The van der Waals surface area contributed by atoms with Crippen LogP contribution in [0.25, 0.3) is 11.0 Å². The molecule has 0 bridgehead atoms. The summed E-state index contributed by atoms with van der Waals surface area (Å²) >= 11 is 6.07. The maximum absolute atomic E-state index is 12.7. The minimum absolute atomic E-state index is 0.0244. The van der Waals surface area contributed by atoms with Crippen LogP contribution in [0.5, 0.6) is 0 Å². The molecular weight excluding hydrogens is 388 g/mol. The molecule has 1 saturated carbocycles. The quantitative estimate of drug-likeness (QED) is 0.721. The Kier molecular flexibility index (Phi) is 4.00. The molecule has 1 aliphatic carbocycles. The van der Waals surface area contributed by atoms with Gasteiger partial charge in [0.25, 0.3) is 5.91 Å². The SMILES string of the molecule is CN(c1ncnc2[nH]ccc12)C1CC2(C1)CN(C(=O)c1ccc(C#N)c(Cl)c1)C2. The number of benzene rings is 1. The highest BCUT2D eigenvalue weighted by atomic mass is 35.5. The number of fused-ring (bicyclic) bond motifs is 1. The van der Waals surface area contributed by atoms with E-state index in [4.69, 9.17) is 16.9 Å². The molecule has 0 radical (unpaired) electrons. The Hall–Kier alpha value is -3.11. The second kappa shape index (κ2) is 6.46. The summed E-state index contributed by atoms with van der Waals surface area (Å²) in [5, 5.41) is 10.3. The number of carbonyl (C=O) groups is 1. The van der Waals surface area contributed by atoms with Gasteiger partial charge in [-0.1, -0.05) is 11.6 Å². The number of hydrogen-bond acceptors (Lipinski definition) is 5. The third-order valence-corrected chi connectivity index (χ3v) is 6.54. The summed E-state index contributed by atoms with van der Waals surface area (Å²) in [6.45, 7) is 1.52. The highest BCUT2D eigenvalue weighted by Gasteiger charge is 2.55. The van der Waals surface area contributed by atoms with E-state index in [1.54, 1.807) is 24.5 Å². The fourth-order valence-corrected chi connectivity index (χ4v) is 4.84. The van der Waals surface area contributed by atoms with E-state index in [0.29, 0.717) is 22.2 Å². The lowest BCUT2D eigenvalue weighted by molar-refractivity contribution is -0.0541. The zero-order valence-electron chi connectivity index (χ0n) is 15.9. The standard InChI is InChI=1S/C21H19ClN6O/c1-27(19-16-4-5-24-18(16)25-12-26-19)15-7-21(8-15)10-28(11-21)20(29)13-2-3-14(9-23)17(22)6-13/h2-6,12,15H,7-8,10-11H2,1H3,(H,24,25,26). The van der Waals surface area contributed by atoms with Crippen LogP contribution < -0.4 is 4.90 Å². The van der Waals surface area contributed by atoms with Crippen molar-refractivity contribution in [3.8, 4) is 6.07 Å². The van der Waals surface area contributed by atoms with Crippen molar-refractivity contribution >= 4 is 34.4 Å². The van der Waals surface area contributed by atoms with Crippen molar-refractivity contribution < 1.29 is 4.79 Å². The van der Waals surface area contributed by atoms with Gasteiger partial charge in [0.2, 0.25) is 0 Å².